The van der Waals surface area contributed by atoms with Crippen LogP contribution in [0.2, 0.25) is 0 Å². The van der Waals surface area contributed by atoms with E-state index in [1.807, 2.05) is 24.3 Å². The molecule has 1 fully saturated rings. The number of nitrogens with zero attached hydrogens (tertiary/aromatic N) is 1. The second kappa shape index (κ2) is 9.65. The van der Waals surface area contributed by atoms with E-state index in [0.717, 1.165) is 49.6 Å². The van der Waals surface area contributed by atoms with Crippen LogP contribution in [0.15, 0.2) is 84.0 Å². The number of quaternary nitrogens is 2. The monoisotopic (exact) mass is 429 g/mol. The van der Waals surface area contributed by atoms with E-state index in [0.29, 0.717) is 6.54 Å². The average Bonchev–Trinajstić information content (AvgIpc) is 3.15. The molecule has 1 aliphatic heterocycles. The first kappa shape index (κ1) is 20.9. The van der Waals surface area contributed by atoms with Gasteiger partial charge in [0.25, 0.3) is 0 Å². The molecule has 5 nitrogen and oxygen atoms in total. The van der Waals surface area contributed by atoms with Gasteiger partial charge in [-0.1, -0.05) is 84.0 Å². The number of aliphatic hydroxyl groups excluding tert-OH is 1. The van der Waals surface area contributed by atoms with Gasteiger partial charge < -0.3 is 19.7 Å². The number of aliphatic hydroxyl groups is 1. The third kappa shape index (κ3) is 4.60. The zero-order valence-corrected chi connectivity index (χ0v) is 18.3. The normalized spacial score (nSPS) is 20.3. The summed E-state index contributed by atoms with van der Waals surface area (Å²) in [7, 11) is 0. The van der Waals surface area contributed by atoms with Gasteiger partial charge in [0.1, 0.15) is 57.7 Å². The maximum atomic E-state index is 10.5. The van der Waals surface area contributed by atoms with Crippen molar-refractivity contribution in [3.05, 3.63) is 95.6 Å². The highest BCUT2D eigenvalue weighted by atomic mass is 16.6. The van der Waals surface area contributed by atoms with Crippen molar-refractivity contribution in [3.8, 4) is 11.1 Å². The Labute approximate surface area is 189 Å². The molecule has 32 heavy (non-hydrogen) atoms. The van der Waals surface area contributed by atoms with Crippen LogP contribution in [0, 0.1) is 0 Å². The van der Waals surface area contributed by atoms with Crippen LogP contribution in [0.4, 0.5) is 0 Å². The predicted octanol–water partition coefficient (Wildman–Crippen LogP) is 0.781. The molecule has 0 unspecified atom stereocenters. The highest BCUT2D eigenvalue weighted by Gasteiger charge is 2.26. The lowest BCUT2D eigenvalue weighted by atomic mass is 10.1. The maximum Gasteiger partial charge on any atom is 0.148 e. The molecule has 3 aromatic rings. The first-order valence-electron chi connectivity index (χ1n) is 11.6. The summed E-state index contributed by atoms with van der Waals surface area (Å²) in [5, 5.41) is 15.0. The van der Waals surface area contributed by atoms with Crippen LogP contribution in [0.1, 0.15) is 16.7 Å². The smallest absolute Gasteiger partial charge is 0.148 e. The van der Waals surface area contributed by atoms with Gasteiger partial charge in [-0.2, -0.15) is 0 Å². The van der Waals surface area contributed by atoms with Crippen molar-refractivity contribution in [1.82, 2.24) is 0 Å². The van der Waals surface area contributed by atoms with Crippen LogP contribution >= 0.6 is 0 Å². The molecule has 0 aromatic heterocycles. The molecule has 1 aliphatic carbocycles. The highest BCUT2D eigenvalue weighted by Crippen LogP contribution is 2.36. The van der Waals surface area contributed by atoms with Gasteiger partial charge in [-0.05, 0) is 11.1 Å². The van der Waals surface area contributed by atoms with Crippen LogP contribution in [-0.2, 0) is 11.4 Å². The zero-order chi connectivity index (χ0) is 21.8. The van der Waals surface area contributed by atoms with E-state index in [9.17, 15) is 5.11 Å². The van der Waals surface area contributed by atoms with E-state index < -0.39 is 6.10 Å². The molecular formula is C27H31N3O2+2. The summed E-state index contributed by atoms with van der Waals surface area (Å²) in [6.45, 7) is 6.43. The summed E-state index contributed by atoms with van der Waals surface area (Å²) in [4.78, 5) is 8.72. The molecule has 0 amide bonds. The first-order valence-corrected chi connectivity index (χ1v) is 11.6. The lowest BCUT2D eigenvalue weighted by molar-refractivity contribution is -1.02. The standard InChI is InChI=1S/C27H29N3O2/c31-22(19-30-16-14-29(15-17-30)18-21-8-2-1-3-9-21)20-32-28-27-25-12-6-4-10-23(25)24-11-5-7-13-26(24)27/h1-13,22,31H,14-20H2/p+2/t22-/m0/s1. The molecule has 2 aliphatic rings. The minimum atomic E-state index is -0.517. The van der Waals surface area contributed by atoms with Gasteiger partial charge in [-0.25, -0.2) is 0 Å². The minimum Gasteiger partial charge on any atom is -0.392 e. The second-order valence-corrected chi connectivity index (χ2v) is 8.85. The van der Waals surface area contributed by atoms with E-state index in [-0.39, 0.29) is 6.61 Å². The number of hydrogen-bond donors (Lipinski definition) is 3. The zero-order valence-electron chi connectivity index (χ0n) is 18.3. The first-order chi connectivity index (χ1) is 15.8. The van der Waals surface area contributed by atoms with Gasteiger partial charge >= 0.3 is 0 Å². The Morgan fingerprint density at radius 2 is 1.25 bits per heavy atom. The van der Waals surface area contributed by atoms with E-state index in [1.54, 1.807) is 4.90 Å². The fourth-order valence-electron chi connectivity index (χ4n) is 4.89. The molecule has 164 valence electrons. The molecule has 0 radical (unpaired) electrons. The van der Waals surface area contributed by atoms with Crippen molar-refractivity contribution in [2.75, 3.05) is 39.3 Å². The van der Waals surface area contributed by atoms with Crippen molar-refractivity contribution in [2.24, 2.45) is 5.16 Å². The summed E-state index contributed by atoms with van der Waals surface area (Å²) in [6, 6.07) is 27.2. The Morgan fingerprint density at radius 1 is 0.719 bits per heavy atom. The summed E-state index contributed by atoms with van der Waals surface area (Å²) in [5.41, 5.74) is 6.80. The highest BCUT2D eigenvalue weighted by molar-refractivity contribution is 6.24. The van der Waals surface area contributed by atoms with Crippen LogP contribution < -0.4 is 9.80 Å². The van der Waals surface area contributed by atoms with Crippen molar-refractivity contribution < 1.29 is 19.7 Å². The molecular weight excluding hydrogens is 398 g/mol. The Balaban J connectivity index is 1.12. The van der Waals surface area contributed by atoms with E-state index in [2.05, 4.69) is 59.8 Å². The summed E-state index contributed by atoms with van der Waals surface area (Å²) >= 11 is 0. The molecule has 3 N–H and O–H groups in total. The van der Waals surface area contributed by atoms with Gasteiger partial charge in [0, 0.05) is 16.7 Å². The number of nitrogens with one attached hydrogen (secondary N) is 2. The Kier molecular flexibility index (Phi) is 6.30. The molecule has 1 atom stereocenters. The molecule has 0 bridgehead atoms. The van der Waals surface area contributed by atoms with E-state index >= 15 is 0 Å². The molecule has 0 saturated carbocycles. The average molecular weight is 430 g/mol. The number of fused-ring (bicyclic) bond motifs is 3. The van der Waals surface area contributed by atoms with Gasteiger partial charge in [0.15, 0.2) is 0 Å². The summed E-state index contributed by atoms with van der Waals surface area (Å²) in [6.07, 6.45) is -0.517. The molecule has 3 aromatic carbocycles. The summed E-state index contributed by atoms with van der Waals surface area (Å²) in [5.74, 6) is 0. The SMILES string of the molecule is O[C@H](CON=C1c2ccccc2-c2ccccc21)C[NH+]1CC[NH+](Cc2ccccc2)CC1. The van der Waals surface area contributed by atoms with Crippen molar-refractivity contribution in [1.29, 1.82) is 0 Å². The molecule has 1 heterocycles. The van der Waals surface area contributed by atoms with E-state index in [4.69, 9.17) is 4.84 Å². The largest absolute Gasteiger partial charge is 0.392 e. The lowest BCUT2D eigenvalue weighted by Gasteiger charge is -2.30. The third-order valence-electron chi connectivity index (χ3n) is 6.56. The Bertz CT molecular complexity index is 1030. The Hall–Kier alpha value is -2.99. The van der Waals surface area contributed by atoms with Crippen LogP contribution in [0.25, 0.3) is 11.1 Å². The van der Waals surface area contributed by atoms with Gasteiger partial charge in [0.05, 0.1) is 0 Å². The van der Waals surface area contributed by atoms with Crippen molar-refractivity contribution in [2.45, 2.75) is 12.6 Å². The maximum absolute atomic E-state index is 10.5. The molecule has 5 rings (SSSR count). The fourth-order valence-corrected chi connectivity index (χ4v) is 4.89. The van der Waals surface area contributed by atoms with Crippen molar-refractivity contribution >= 4 is 5.71 Å². The molecule has 5 heteroatoms. The Morgan fingerprint density at radius 3 is 1.88 bits per heavy atom. The van der Waals surface area contributed by atoms with Gasteiger partial charge in [-0.3, -0.25) is 0 Å². The topological polar surface area (TPSA) is 50.7 Å². The predicted molar refractivity (Wildman–Crippen MR) is 126 cm³/mol. The van der Waals surface area contributed by atoms with Crippen LogP contribution in [0.5, 0.6) is 0 Å². The lowest BCUT2D eigenvalue weighted by Crippen LogP contribution is -3.28. The number of rotatable bonds is 7. The summed E-state index contributed by atoms with van der Waals surface area (Å²) < 4.78 is 0. The second-order valence-electron chi connectivity index (χ2n) is 8.85. The third-order valence-corrected chi connectivity index (χ3v) is 6.56. The molecule has 0 spiro atoms. The van der Waals surface area contributed by atoms with Gasteiger partial charge in [-0.15, -0.1) is 0 Å². The van der Waals surface area contributed by atoms with Crippen LogP contribution in [0.3, 0.4) is 0 Å². The number of piperazine rings is 1. The number of benzene rings is 3. The van der Waals surface area contributed by atoms with Crippen molar-refractivity contribution in [3.63, 3.8) is 0 Å². The number of hydrogen-bond acceptors (Lipinski definition) is 3. The van der Waals surface area contributed by atoms with E-state index in [1.165, 1.54) is 21.6 Å². The van der Waals surface area contributed by atoms with Crippen LogP contribution in [-0.4, -0.2) is 56.3 Å². The fraction of sp³-hybridized carbons (Fsp3) is 0.296. The number of oxime groups is 1. The molecule has 1 saturated heterocycles. The quantitative estimate of drug-likeness (QED) is 0.381. The minimum absolute atomic E-state index is 0.220. The van der Waals surface area contributed by atoms with Gasteiger partial charge in [0.2, 0.25) is 0 Å².